The van der Waals surface area contributed by atoms with Gasteiger partial charge in [-0.2, -0.15) is 0 Å². The van der Waals surface area contributed by atoms with E-state index >= 15 is 0 Å². The molecule has 1 aromatic carbocycles. The number of benzene rings is 1. The van der Waals surface area contributed by atoms with Crippen molar-refractivity contribution in [3.8, 4) is 11.4 Å². The third-order valence-corrected chi connectivity index (χ3v) is 4.81. The third kappa shape index (κ3) is 3.46. The third-order valence-electron chi connectivity index (χ3n) is 4.56. The van der Waals surface area contributed by atoms with Crippen LogP contribution < -0.4 is 11.2 Å². The fraction of sp³-hybridized carbons (Fsp3) is 0.450. The van der Waals surface area contributed by atoms with Crippen molar-refractivity contribution in [2.75, 3.05) is 0 Å². The van der Waals surface area contributed by atoms with Crippen molar-refractivity contribution in [1.29, 1.82) is 0 Å². The van der Waals surface area contributed by atoms with Gasteiger partial charge in [-0.25, -0.2) is 9.78 Å². The lowest BCUT2D eigenvalue weighted by atomic mass is 10.2. The van der Waals surface area contributed by atoms with Crippen molar-refractivity contribution in [1.82, 2.24) is 18.7 Å². The Kier molecular flexibility index (Phi) is 5.85. The summed E-state index contributed by atoms with van der Waals surface area (Å²) in [6.45, 7) is 7.62. The normalized spacial score (nSPS) is 11.4. The number of aromatic nitrogens is 4. The van der Waals surface area contributed by atoms with Crippen molar-refractivity contribution in [3.63, 3.8) is 0 Å². The summed E-state index contributed by atoms with van der Waals surface area (Å²) in [5.74, 6) is 0.694. The number of imidazole rings is 1. The van der Waals surface area contributed by atoms with E-state index in [1.54, 1.807) is 16.7 Å². The van der Waals surface area contributed by atoms with Gasteiger partial charge >= 0.3 is 5.69 Å². The zero-order valence-electron chi connectivity index (χ0n) is 16.0. The van der Waals surface area contributed by atoms with Crippen LogP contribution in [0.15, 0.2) is 33.9 Å². The summed E-state index contributed by atoms with van der Waals surface area (Å²) >= 11 is 6.02. The van der Waals surface area contributed by atoms with E-state index in [-0.39, 0.29) is 11.2 Å². The first-order valence-corrected chi connectivity index (χ1v) is 9.91. The second-order valence-electron chi connectivity index (χ2n) is 6.66. The first-order chi connectivity index (χ1) is 13.0. The van der Waals surface area contributed by atoms with E-state index in [1.165, 1.54) is 4.57 Å². The zero-order valence-corrected chi connectivity index (χ0v) is 16.8. The van der Waals surface area contributed by atoms with Gasteiger partial charge in [-0.05, 0) is 43.5 Å². The molecule has 3 aromatic rings. The highest BCUT2D eigenvalue weighted by Gasteiger charge is 2.21. The van der Waals surface area contributed by atoms with Crippen LogP contribution in [0.5, 0.6) is 0 Å². The Morgan fingerprint density at radius 1 is 0.852 bits per heavy atom. The molecule has 0 aliphatic carbocycles. The molecule has 0 saturated heterocycles. The molecule has 144 valence electrons. The van der Waals surface area contributed by atoms with Gasteiger partial charge in [0.2, 0.25) is 0 Å². The summed E-state index contributed by atoms with van der Waals surface area (Å²) in [7, 11) is 0. The monoisotopic (exact) mass is 388 g/mol. The first-order valence-electron chi connectivity index (χ1n) is 9.53. The number of nitrogens with zero attached hydrogens (tertiary/aromatic N) is 4. The molecular weight excluding hydrogens is 364 g/mol. The summed E-state index contributed by atoms with van der Waals surface area (Å²) in [5, 5.41) is 0.644. The Hall–Kier alpha value is -2.34. The molecule has 2 aromatic heterocycles. The van der Waals surface area contributed by atoms with Crippen LogP contribution in [0.25, 0.3) is 22.6 Å². The number of rotatable bonds is 7. The fourth-order valence-electron chi connectivity index (χ4n) is 3.40. The maximum Gasteiger partial charge on any atom is 0.332 e. The summed E-state index contributed by atoms with van der Waals surface area (Å²) in [5.41, 5.74) is 1.31. The lowest BCUT2D eigenvalue weighted by molar-refractivity contribution is 0.553. The van der Waals surface area contributed by atoms with Crippen molar-refractivity contribution in [2.24, 2.45) is 0 Å². The molecule has 0 atom stereocenters. The summed E-state index contributed by atoms with van der Waals surface area (Å²) < 4.78 is 4.92. The van der Waals surface area contributed by atoms with Gasteiger partial charge in [0.25, 0.3) is 5.56 Å². The second-order valence-corrected chi connectivity index (χ2v) is 7.09. The number of fused-ring (bicyclic) bond motifs is 1. The van der Waals surface area contributed by atoms with E-state index in [1.807, 2.05) is 30.5 Å². The van der Waals surface area contributed by atoms with Crippen LogP contribution in [0.3, 0.4) is 0 Å². The zero-order chi connectivity index (χ0) is 19.6. The van der Waals surface area contributed by atoms with Gasteiger partial charge in [-0.1, -0.05) is 32.4 Å². The molecule has 0 amide bonds. The van der Waals surface area contributed by atoms with E-state index < -0.39 is 0 Å². The summed E-state index contributed by atoms with van der Waals surface area (Å²) in [4.78, 5) is 30.8. The second kappa shape index (κ2) is 8.13. The van der Waals surface area contributed by atoms with Crippen LogP contribution >= 0.6 is 11.6 Å². The standard InChI is InChI=1S/C20H25ClN4O2/c1-4-11-23-16-18(22-17(23)14-7-9-15(21)10-8-14)24(12-5-2)20(27)25(13-6-3)19(16)26/h7-10H,4-6,11-13H2,1-3H3. The van der Waals surface area contributed by atoms with Gasteiger partial charge in [0.05, 0.1) is 0 Å². The average Bonchev–Trinajstić information content (AvgIpc) is 3.02. The molecule has 7 heteroatoms. The molecular formula is C20H25ClN4O2. The summed E-state index contributed by atoms with van der Waals surface area (Å²) in [6.07, 6.45) is 2.36. The summed E-state index contributed by atoms with van der Waals surface area (Å²) in [6, 6.07) is 7.40. The molecule has 2 heterocycles. The van der Waals surface area contributed by atoms with Crippen LogP contribution in [0, 0.1) is 0 Å². The Balaban J connectivity index is 2.42. The lowest BCUT2D eigenvalue weighted by Gasteiger charge is -2.11. The molecule has 0 bridgehead atoms. The quantitative estimate of drug-likeness (QED) is 0.616. The SMILES string of the molecule is CCCn1c(=O)c2c(nc(-c3ccc(Cl)cc3)n2CCC)n(CCC)c1=O. The van der Waals surface area contributed by atoms with Gasteiger partial charge in [0.15, 0.2) is 11.2 Å². The Bertz CT molecular complexity index is 1060. The number of hydrogen-bond donors (Lipinski definition) is 0. The van der Waals surface area contributed by atoms with Crippen LogP contribution in [-0.2, 0) is 19.6 Å². The van der Waals surface area contributed by atoms with Crippen molar-refractivity contribution >= 4 is 22.8 Å². The predicted octanol–water partition coefficient (Wildman–Crippen LogP) is 3.91. The largest absolute Gasteiger partial charge is 0.332 e. The van der Waals surface area contributed by atoms with Gasteiger partial charge in [-0.15, -0.1) is 0 Å². The van der Waals surface area contributed by atoms with Crippen LogP contribution in [0.4, 0.5) is 0 Å². The van der Waals surface area contributed by atoms with E-state index in [9.17, 15) is 9.59 Å². The minimum absolute atomic E-state index is 0.259. The topological polar surface area (TPSA) is 61.8 Å². The highest BCUT2D eigenvalue weighted by atomic mass is 35.5. The van der Waals surface area contributed by atoms with E-state index in [0.717, 1.165) is 24.8 Å². The first kappa shape index (κ1) is 19.4. The Morgan fingerprint density at radius 2 is 1.41 bits per heavy atom. The molecule has 0 aliphatic rings. The van der Waals surface area contributed by atoms with Crippen LogP contribution in [0.1, 0.15) is 40.0 Å². The van der Waals surface area contributed by atoms with Crippen LogP contribution in [0.2, 0.25) is 5.02 Å². The number of halogens is 1. The number of hydrogen-bond acceptors (Lipinski definition) is 3. The Morgan fingerprint density at radius 3 is 2.00 bits per heavy atom. The van der Waals surface area contributed by atoms with Gasteiger partial charge in [0.1, 0.15) is 5.82 Å². The van der Waals surface area contributed by atoms with Gasteiger partial charge < -0.3 is 4.57 Å². The minimum atomic E-state index is -0.278. The van der Waals surface area contributed by atoms with E-state index in [4.69, 9.17) is 16.6 Å². The minimum Gasteiger partial charge on any atom is -0.318 e. The van der Waals surface area contributed by atoms with Crippen LogP contribution in [-0.4, -0.2) is 18.7 Å². The maximum atomic E-state index is 13.2. The molecule has 0 saturated carbocycles. The highest BCUT2D eigenvalue weighted by Crippen LogP contribution is 2.24. The smallest absolute Gasteiger partial charge is 0.318 e. The number of aryl methyl sites for hydroxylation is 2. The molecule has 0 radical (unpaired) electrons. The molecule has 0 unspecified atom stereocenters. The molecule has 27 heavy (non-hydrogen) atoms. The van der Waals surface area contributed by atoms with Gasteiger partial charge in [0, 0.05) is 30.2 Å². The molecule has 0 N–H and O–H groups in total. The molecule has 6 nitrogen and oxygen atoms in total. The lowest BCUT2D eigenvalue weighted by Crippen LogP contribution is -2.40. The van der Waals surface area contributed by atoms with Crippen molar-refractivity contribution in [2.45, 2.75) is 59.7 Å². The maximum absolute atomic E-state index is 13.2. The molecule has 0 aliphatic heterocycles. The average molecular weight is 389 g/mol. The van der Waals surface area contributed by atoms with Crippen molar-refractivity contribution in [3.05, 3.63) is 50.1 Å². The van der Waals surface area contributed by atoms with E-state index in [2.05, 4.69) is 6.92 Å². The molecule has 0 fully saturated rings. The van der Waals surface area contributed by atoms with Crippen molar-refractivity contribution < 1.29 is 0 Å². The fourth-order valence-corrected chi connectivity index (χ4v) is 3.52. The molecule has 0 spiro atoms. The van der Waals surface area contributed by atoms with E-state index in [0.29, 0.717) is 41.6 Å². The predicted molar refractivity (Wildman–Crippen MR) is 110 cm³/mol. The van der Waals surface area contributed by atoms with Gasteiger partial charge in [-0.3, -0.25) is 13.9 Å². The molecule has 3 rings (SSSR count). The highest BCUT2D eigenvalue weighted by molar-refractivity contribution is 6.30. The Labute approximate surface area is 163 Å².